The molecule has 1 aromatic heterocycles. The summed E-state index contributed by atoms with van der Waals surface area (Å²) in [6.07, 6.45) is 6.33. The number of thiophene rings is 1. The maximum atomic E-state index is 13.6. The highest BCUT2D eigenvalue weighted by Crippen LogP contribution is 2.42. The third kappa shape index (κ3) is 6.09. The zero-order valence-corrected chi connectivity index (χ0v) is 24.5. The molecular formula is C33H33N3O2S2. The lowest BCUT2D eigenvalue weighted by Gasteiger charge is -2.29. The van der Waals surface area contributed by atoms with E-state index in [1.807, 2.05) is 67.8 Å². The van der Waals surface area contributed by atoms with Gasteiger partial charge in [-0.3, -0.25) is 9.59 Å². The van der Waals surface area contributed by atoms with Crippen molar-refractivity contribution < 1.29 is 9.59 Å². The second-order valence-corrected chi connectivity index (χ2v) is 12.4. The van der Waals surface area contributed by atoms with Crippen LogP contribution in [-0.4, -0.2) is 17.4 Å². The fourth-order valence-electron chi connectivity index (χ4n) is 5.57. The Hall–Kier alpha value is -3.60. The number of Topliss-reactive ketones (excluding diaryl/α,β-unsaturated/α-hetero) is 1. The first-order valence-electron chi connectivity index (χ1n) is 13.7. The Bertz CT molecular complexity index is 1490. The Morgan fingerprint density at radius 2 is 1.77 bits per heavy atom. The molecule has 1 aliphatic carbocycles. The van der Waals surface area contributed by atoms with Gasteiger partial charge in [0.15, 0.2) is 5.78 Å². The number of para-hydroxylation sites is 1. The van der Waals surface area contributed by atoms with Gasteiger partial charge in [0.2, 0.25) is 0 Å². The number of nitriles is 1. The molecule has 2 aromatic carbocycles. The fraction of sp³-hybridized carbons (Fsp3) is 0.303. The first-order valence-corrected chi connectivity index (χ1v) is 15.6. The van der Waals surface area contributed by atoms with E-state index in [0.717, 1.165) is 16.1 Å². The van der Waals surface area contributed by atoms with Gasteiger partial charge in [-0.25, -0.2) is 0 Å². The number of anilines is 1. The molecule has 0 bridgehead atoms. The van der Waals surface area contributed by atoms with E-state index in [2.05, 4.69) is 28.8 Å². The van der Waals surface area contributed by atoms with Gasteiger partial charge in [0.25, 0.3) is 5.91 Å². The molecule has 204 valence electrons. The number of thioether (sulfide) groups is 1. The molecule has 40 heavy (non-hydrogen) atoms. The molecule has 0 radical (unpaired) electrons. The van der Waals surface area contributed by atoms with Gasteiger partial charge in [0.05, 0.1) is 28.3 Å². The van der Waals surface area contributed by atoms with Crippen molar-refractivity contribution in [3.05, 3.63) is 109 Å². The maximum absolute atomic E-state index is 13.6. The van der Waals surface area contributed by atoms with Crippen molar-refractivity contribution >= 4 is 40.5 Å². The van der Waals surface area contributed by atoms with Crippen LogP contribution in [0.15, 0.2) is 87.9 Å². The summed E-state index contributed by atoms with van der Waals surface area (Å²) in [5.41, 5.74) is 5.34. The molecule has 1 aliphatic heterocycles. The van der Waals surface area contributed by atoms with Crippen LogP contribution in [0.1, 0.15) is 77.2 Å². The van der Waals surface area contributed by atoms with Gasteiger partial charge in [-0.1, -0.05) is 79.6 Å². The van der Waals surface area contributed by atoms with E-state index in [1.165, 1.54) is 60.8 Å². The normalized spacial score (nSPS) is 17.8. The molecule has 1 saturated carbocycles. The number of dihydropyridines is 1. The molecule has 7 heteroatoms. The number of ketones is 1. The highest BCUT2D eigenvalue weighted by atomic mass is 32.2. The summed E-state index contributed by atoms with van der Waals surface area (Å²) in [7, 11) is 0. The number of nitrogens with zero attached hydrogens (tertiary/aromatic N) is 1. The largest absolute Gasteiger partial charge is 0.353 e. The minimum Gasteiger partial charge on any atom is -0.353 e. The zero-order valence-electron chi connectivity index (χ0n) is 22.8. The predicted octanol–water partition coefficient (Wildman–Crippen LogP) is 8.06. The number of carbonyl (C=O) groups excluding carboxylic acids is 2. The van der Waals surface area contributed by atoms with Gasteiger partial charge in [0, 0.05) is 27.4 Å². The van der Waals surface area contributed by atoms with Crippen molar-refractivity contribution in [3.63, 3.8) is 0 Å². The van der Waals surface area contributed by atoms with Crippen LogP contribution in [0.5, 0.6) is 0 Å². The Labute approximate surface area is 244 Å². The van der Waals surface area contributed by atoms with Gasteiger partial charge in [0.1, 0.15) is 0 Å². The summed E-state index contributed by atoms with van der Waals surface area (Å²) < 4.78 is 0. The van der Waals surface area contributed by atoms with Crippen LogP contribution >= 0.6 is 23.1 Å². The van der Waals surface area contributed by atoms with Crippen molar-refractivity contribution in [3.8, 4) is 6.07 Å². The Balaban J connectivity index is 1.35. The van der Waals surface area contributed by atoms with E-state index in [4.69, 9.17) is 0 Å². The molecule has 2 N–H and O–H groups in total. The number of amides is 1. The van der Waals surface area contributed by atoms with Crippen LogP contribution in [0.3, 0.4) is 0 Å². The van der Waals surface area contributed by atoms with Gasteiger partial charge in [-0.15, -0.1) is 11.3 Å². The van der Waals surface area contributed by atoms with E-state index in [9.17, 15) is 14.9 Å². The highest BCUT2D eigenvalue weighted by molar-refractivity contribution is 8.03. The van der Waals surface area contributed by atoms with Crippen LogP contribution < -0.4 is 10.6 Å². The van der Waals surface area contributed by atoms with Crippen LogP contribution in [0.25, 0.3) is 0 Å². The molecule has 2 aliphatic rings. The molecular weight excluding hydrogens is 535 g/mol. The second-order valence-electron chi connectivity index (χ2n) is 10.4. The molecule has 0 unspecified atom stereocenters. The third-order valence-corrected chi connectivity index (χ3v) is 9.72. The number of rotatable bonds is 8. The molecule has 0 spiro atoms. The number of nitrogens with one attached hydrogen (secondary N) is 2. The average molecular weight is 568 g/mol. The number of carbonyl (C=O) groups is 2. The predicted molar refractivity (Wildman–Crippen MR) is 164 cm³/mol. The van der Waals surface area contributed by atoms with Crippen molar-refractivity contribution in [2.45, 2.75) is 57.8 Å². The SMILES string of the molecule is CC1=C(C(=O)Nc2ccccc2C)[C@H](c2cccs2)C(C#N)=C(SCC(=O)c2ccc(C3CCCCC3)cc2)N1. The van der Waals surface area contributed by atoms with E-state index in [-0.39, 0.29) is 17.4 Å². The number of hydrogen-bond acceptors (Lipinski definition) is 6. The van der Waals surface area contributed by atoms with Gasteiger partial charge >= 0.3 is 0 Å². The lowest BCUT2D eigenvalue weighted by atomic mass is 9.84. The van der Waals surface area contributed by atoms with Gasteiger partial charge in [-0.05, 0) is 61.2 Å². The number of benzene rings is 2. The van der Waals surface area contributed by atoms with E-state index >= 15 is 0 Å². The standard InChI is InChI=1S/C33H33N3O2S2/c1-21-9-6-7-12-27(21)36-32(38)30-22(2)35-33(26(19-34)31(30)29-13-8-18-39-29)40-20-28(37)25-16-14-24(15-17-25)23-10-4-3-5-11-23/h6-9,12-18,23,31,35H,3-5,10-11,20H2,1-2H3,(H,36,38)/t31-/m0/s1. The minimum absolute atomic E-state index is 0.0178. The first kappa shape index (κ1) is 27.9. The average Bonchev–Trinajstić information content (AvgIpc) is 3.52. The van der Waals surface area contributed by atoms with Crippen LogP contribution in [-0.2, 0) is 4.79 Å². The zero-order chi connectivity index (χ0) is 28.1. The Morgan fingerprint density at radius 3 is 2.45 bits per heavy atom. The van der Waals surface area contributed by atoms with E-state index in [1.54, 1.807) is 0 Å². The molecule has 5 rings (SSSR count). The lowest BCUT2D eigenvalue weighted by molar-refractivity contribution is -0.113. The molecule has 1 amide bonds. The molecule has 1 atom stereocenters. The van der Waals surface area contributed by atoms with Crippen LogP contribution in [0.2, 0.25) is 0 Å². The lowest BCUT2D eigenvalue weighted by Crippen LogP contribution is -2.30. The Morgan fingerprint density at radius 1 is 1.02 bits per heavy atom. The van der Waals surface area contributed by atoms with Crippen LogP contribution in [0, 0.1) is 18.3 Å². The van der Waals surface area contributed by atoms with Crippen LogP contribution in [0.4, 0.5) is 5.69 Å². The molecule has 3 aromatic rings. The summed E-state index contributed by atoms with van der Waals surface area (Å²) in [6.45, 7) is 3.80. The van der Waals surface area contributed by atoms with Gasteiger partial charge < -0.3 is 10.6 Å². The van der Waals surface area contributed by atoms with E-state index in [0.29, 0.717) is 33.4 Å². The fourth-order valence-corrected chi connectivity index (χ4v) is 7.40. The van der Waals surface area contributed by atoms with Gasteiger partial charge in [-0.2, -0.15) is 5.26 Å². The summed E-state index contributed by atoms with van der Waals surface area (Å²) in [5, 5.41) is 19.2. The summed E-state index contributed by atoms with van der Waals surface area (Å²) in [5.74, 6) is 0.0597. The topological polar surface area (TPSA) is 82.0 Å². The first-order chi connectivity index (χ1) is 19.5. The minimum atomic E-state index is -0.511. The summed E-state index contributed by atoms with van der Waals surface area (Å²) in [4.78, 5) is 27.7. The number of allylic oxidation sites excluding steroid dienone is 2. The quantitative estimate of drug-likeness (QED) is 0.269. The number of hydrogen-bond donors (Lipinski definition) is 2. The monoisotopic (exact) mass is 567 g/mol. The summed E-state index contributed by atoms with van der Waals surface area (Å²) in [6, 6.07) is 22.0. The third-order valence-electron chi connectivity index (χ3n) is 7.77. The smallest absolute Gasteiger partial charge is 0.254 e. The Kier molecular flexibility index (Phi) is 8.88. The molecule has 0 saturated heterocycles. The van der Waals surface area contributed by atoms with Crippen molar-refractivity contribution in [1.82, 2.24) is 5.32 Å². The summed E-state index contributed by atoms with van der Waals surface area (Å²) >= 11 is 2.84. The van der Waals surface area contributed by atoms with E-state index < -0.39 is 5.92 Å². The number of aryl methyl sites for hydroxylation is 1. The molecule has 2 heterocycles. The molecule has 1 fully saturated rings. The van der Waals surface area contributed by atoms with Crippen molar-refractivity contribution in [2.24, 2.45) is 0 Å². The van der Waals surface area contributed by atoms with Crippen molar-refractivity contribution in [2.75, 3.05) is 11.1 Å². The second kappa shape index (κ2) is 12.7. The highest BCUT2D eigenvalue weighted by Gasteiger charge is 2.35. The molecule has 5 nitrogen and oxygen atoms in total. The maximum Gasteiger partial charge on any atom is 0.254 e. The van der Waals surface area contributed by atoms with Crippen molar-refractivity contribution in [1.29, 1.82) is 5.26 Å².